The van der Waals surface area contributed by atoms with Gasteiger partial charge in [-0.15, -0.1) is 0 Å². The van der Waals surface area contributed by atoms with E-state index in [1.54, 1.807) is 43.3 Å². The third kappa shape index (κ3) is 3.97. The fourth-order valence-electron chi connectivity index (χ4n) is 3.69. The van der Waals surface area contributed by atoms with Crippen LogP contribution in [0.25, 0.3) is 11.6 Å². The van der Waals surface area contributed by atoms with Crippen LogP contribution < -0.4 is 0 Å². The van der Waals surface area contributed by atoms with Crippen molar-refractivity contribution in [2.24, 2.45) is 0 Å². The molecule has 0 spiro atoms. The second kappa shape index (κ2) is 8.00. The molecule has 4 rings (SSSR count). The quantitative estimate of drug-likeness (QED) is 0.568. The number of carbonyl (C=O) groups is 1. The summed E-state index contributed by atoms with van der Waals surface area (Å²) in [5.74, 6) is -0.535. The summed E-state index contributed by atoms with van der Waals surface area (Å²) in [6, 6.07) is 25.3. The molecule has 1 amide bonds. The highest BCUT2D eigenvalue weighted by atomic mass is 32.2. The SMILES string of the molecule is Cc1ccc(S(=O)(=O)N2C(=O)C(c3ccccc3)=C[C@]2(C)/C=C/c2ccccc2)cc1. The van der Waals surface area contributed by atoms with Crippen molar-refractivity contribution < 1.29 is 13.2 Å². The smallest absolute Gasteiger partial charge is 0.268 e. The van der Waals surface area contributed by atoms with E-state index in [0.29, 0.717) is 11.1 Å². The zero-order valence-corrected chi connectivity index (χ0v) is 18.2. The van der Waals surface area contributed by atoms with Gasteiger partial charge in [-0.2, -0.15) is 0 Å². The minimum Gasteiger partial charge on any atom is -0.268 e. The third-order valence-corrected chi connectivity index (χ3v) is 7.25. The highest BCUT2D eigenvalue weighted by Gasteiger charge is 2.47. The number of benzene rings is 3. The molecule has 1 atom stereocenters. The third-order valence-electron chi connectivity index (χ3n) is 5.35. The van der Waals surface area contributed by atoms with Gasteiger partial charge in [0.2, 0.25) is 0 Å². The number of sulfonamides is 1. The van der Waals surface area contributed by atoms with E-state index in [9.17, 15) is 13.2 Å². The monoisotopic (exact) mass is 429 g/mol. The standard InChI is InChI=1S/C26H23NO3S/c1-20-13-15-23(16-14-20)31(29,30)27-25(28)24(22-11-7-4-8-12-22)19-26(27,2)18-17-21-9-5-3-6-10-21/h3-19H,1-2H3/b18-17+/t26-/m0/s1. The molecular formula is C26H23NO3S. The molecule has 0 aromatic heterocycles. The average Bonchev–Trinajstić information content (AvgIpc) is 3.05. The molecule has 0 bridgehead atoms. The van der Waals surface area contributed by atoms with Gasteiger partial charge < -0.3 is 0 Å². The molecule has 1 heterocycles. The van der Waals surface area contributed by atoms with Gasteiger partial charge in [0, 0.05) is 5.57 Å². The first-order valence-electron chi connectivity index (χ1n) is 10.0. The number of amides is 1. The lowest BCUT2D eigenvalue weighted by atomic mass is 9.99. The van der Waals surface area contributed by atoms with Crippen molar-refractivity contribution >= 4 is 27.6 Å². The van der Waals surface area contributed by atoms with E-state index in [1.807, 2.05) is 73.7 Å². The molecule has 0 aliphatic carbocycles. The first kappa shape index (κ1) is 20.8. The zero-order valence-electron chi connectivity index (χ0n) is 17.4. The maximum Gasteiger partial charge on any atom is 0.269 e. The fraction of sp³-hybridized carbons (Fsp3) is 0.115. The number of hydrogen-bond donors (Lipinski definition) is 0. The number of rotatable bonds is 5. The van der Waals surface area contributed by atoms with Gasteiger partial charge in [0.25, 0.3) is 15.9 Å². The molecule has 1 aliphatic heterocycles. The van der Waals surface area contributed by atoms with Crippen LogP contribution in [0, 0.1) is 6.92 Å². The Morgan fingerprint density at radius 1 is 0.839 bits per heavy atom. The molecular weight excluding hydrogens is 406 g/mol. The molecule has 0 saturated heterocycles. The van der Waals surface area contributed by atoms with Crippen molar-refractivity contribution in [1.82, 2.24) is 4.31 Å². The summed E-state index contributed by atoms with van der Waals surface area (Å²) in [6.45, 7) is 3.63. The summed E-state index contributed by atoms with van der Waals surface area (Å²) >= 11 is 0. The van der Waals surface area contributed by atoms with Gasteiger partial charge in [0.1, 0.15) is 0 Å². The topological polar surface area (TPSA) is 54.5 Å². The Bertz CT molecular complexity index is 1260. The van der Waals surface area contributed by atoms with E-state index in [0.717, 1.165) is 15.4 Å². The lowest BCUT2D eigenvalue weighted by Gasteiger charge is -2.31. The van der Waals surface area contributed by atoms with Crippen LogP contribution in [0.2, 0.25) is 0 Å². The lowest BCUT2D eigenvalue weighted by molar-refractivity contribution is -0.121. The Morgan fingerprint density at radius 3 is 2.03 bits per heavy atom. The predicted octanol–water partition coefficient (Wildman–Crippen LogP) is 5.08. The molecule has 3 aromatic rings. The summed E-state index contributed by atoms with van der Waals surface area (Å²) in [7, 11) is -4.08. The van der Waals surface area contributed by atoms with Crippen molar-refractivity contribution in [3.05, 3.63) is 114 Å². The summed E-state index contributed by atoms with van der Waals surface area (Å²) in [6.07, 6.45) is 5.34. The van der Waals surface area contributed by atoms with E-state index in [4.69, 9.17) is 0 Å². The highest BCUT2D eigenvalue weighted by Crippen LogP contribution is 2.39. The first-order chi connectivity index (χ1) is 14.8. The predicted molar refractivity (Wildman–Crippen MR) is 124 cm³/mol. The fourth-order valence-corrected chi connectivity index (χ4v) is 5.33. The summed E-state index contributed by atoms with van der Waals surface area (Å²) < 4.78 is 28.2. The van der Waals surface area contributed by atoms with Crippen molar-refractivity contribution in [1.29, 1.82) is 0 Å². The largest absolute Gasteiger partial charge is 0.269 e. The van der Waals surface area contributed by atoms with Gasteiger partial charge in [-0.1, -0.05) is 90.5 Å². The van der Waals surface area contributed by atoms with Gasteiger partial charge in [0.15, 0.2) is 0 Å². The number of hydrogen-bond acceptors (Lipinski definition) is 3. The molecule has 0 unspecified atom stereocenters. The van der Waals surface area contributed by atoms with Crippen LogP contribution in [0.1, 0.15) is 23.6 Å². The van der Waals surface area contributed by atoms with Crippen LogP contribution in [0.4, 0.5) is 0 Å². The maximum absolute atomic E-state index is 13.6. The normalized spacial score (nSPS) is 19.1. The molecule has 4 nitrogen and oxygen atoms in total. The van der Waals surface area contributed by atoms with Crippen LogP contribution >= 0.6 is 0 Å². The molecule has 0 radical (unpaired) electrons. The summed E-state index contributed by atoms with van der Waals surface area (Å²) in [5.41, 5.74) is 1.78. The minimum atomic E-state index is -4.08. The van der Waals surface area contributed by atoms with Crippen molar-refractivity contribution in [2.75, 3.05) is 0 Å². The van der Waals surface area contributed by atoms with Crippen LogP contribution in [-0.4, -0.2) is 24.2 Å². The number of aryl methyl sites for hydroxylation is 1. The summed E-state index contributed by atoms with van der Waals surface area (Å²) in [5, 5.41) is 0. The van der Waals surface area contributed by atoms with Gasteiger partial charge in [-0.05, 0) is 43.2 Å². The molecule has 3 aromatic carbocycles. The summed E-state index contributed by atoms with van der Waals surface area (Å²) in [4.78, 5) is 13.6. The van der Waals surface area contributed by atoms with E-state index < -0.39 is 21.5 Å². The first-order valence-corrected chi connectivity index (χ1v) is 11.4. The lowest BCUT2D eigenvalue weighted by Crippen LogP contribution is -2.46. The second-order valence-corrected chi connectivity index (χ2v) is 9.57. The Morgan fingerprint density at radius 2 is 1.42 bits per heavy atom. The molecule has 1 aliphatic rings. The average molecular weight is 430 g/mol. The van der Waals surface area contributed by atoms with Crippen molar-refractivity contribution in [2.45, 2.75) is 24.3 Å². The number of nitrogens with zero attached hydrogens (tertiary/aromatic N) is 1. The van der Waals surface area contributed by atoms with Gasteiger partial charge in [-0.3, -0.25) is 4.79 Å². The highest BCUT2D eigenvalue weighted by molar-refractivity contribution is 7.89. The van der Waals surface area contributed by atoms with Crippen LogP contribution in [0.15, 0.2) is 102 Å². The van der Waals surface area contributed by atoms with Gasteiger partial charge in [0.05, 0.1) is 10.4 Å². The Kier molecular flexibility index (Phi) is 5.38. The van der Waals surface area contributed by atoms with Crippen LogP contribution in [0.3, 0.4) is 0 Å². The van der Waals surface area contributed by atoms with Crippen molar-refractivity contribution in [3.63, 3.8) is 0 Å². The minimum absolute atomic E-state index is 0.0912. The van der Waals surface area contributed by atoms with E-state index in [2.05, 4.69) is 0 Å². The molecule has 156 valence electrons. The van der Waals surface area contributed by atoms with E-state index in [1.165, 1.54) is 0 Å². The second-order valence-electron chi connectivity index (χ2n) is 7.78. The molecule has 0 N–H and O–H groups in total. The van der Waals surface area contributed by atoms with Crippen molar-refractivity contribution in [3.8, 4) is 0 Å². The van der Waals surface area contributed by atoms with Crippen LogP contribution in [-0.2, 0) is 14.8 Å². The zero-order chi connectivity index (χ0) is 22.1. The van der Waals surface area contributed by atoms with Gasteiger partial charge >= 0.3 is 0 Å². The molecule has 31 heavy (non-hydrogen) atoms. The molecule has 0 fully saturated rings. The van der Waals surface area contributed by atoms with Crippen LogP contribution in [0.5, 0.6) is 0 Å². The molecule has 0 saturated carbocycles. The molecule has 5 heteroatoms. The number of carbonyl (C=O) groups excluding carboxylic acids is 1. The maximum atomic E-state index is 13.6. The Balaban J connectivity index is 1.84. The van der Waals surface area contributed by atoms with E-state index >= 15 is 0 Å². The van der Waals surface area contributed by atoms with E-state index in [-0.39, 0.29) is 4.90 Å². The Labute approximate surface area is 183 Å². The Hall–Kier alpha value is -3.44. The van der Waals surface area contributed by atoms with Gasteiger partial charge in [-0.25, -0.2) is 12.7 Å².